The molecule has 0 saturated carbocycles. The van der Waals surface area contributed by atoms with E-state index < -0.39 is 21.7 Å². The molecular formula is C20H30BrNO3S. The quantitative estimate of drug-likeness (QED) is 0.568. The Morgan fingerprint density at radius 1 is 1.27 bits per heavy atom. The molecule has 1 rings (SSSR count). The molecule has 0 bridgehead atoms. The molecule has 2 N–H and O–H groups in total. The fourth-order valence-corrected chi connectivity index (χ4v) is 4.63. The monoisotopic (exact) mass is 443 g/mol. The zero-order chi connectivity index (χ0) is 20.1. The molecule has 0 radical (unpaired) electrons. The van der Waals surface area contributed by atoms with Gasteiger partial charge in [-0.15, -0.1) is 0 Å². The van der Waals surface area contributed by atoms with Crippen LogP contribution in [0.4, 0.5) is 0 Å². The number of hydrogen-bond donors (Lipinski definition) is 2. The fraction of sp³-hybridized carbons (Fsp3) is 0.500. The van der Waals surface area contributed by atoms with E-state index in [4.69, 9.17) is 0 Å². The summed E-state index contributed by atoms with van der Waals surface area (Å²) in [6, 6.07) is 7.54. The van der Waals surface area contributed by atoms with Gasteiger partial charge in [0, 0.05) is 0 Å². The van der Waals surface area contributed by atoms with Crippen molar-refractivity contribution in [1.29, 1.82) is 0 Å². The van der Waals surface area contributed by atoms with E-state index >= 15 is 0 Å². The largest absolute Gasteiger partial charge is 0.379 e. The molecule has 0 fully saturated rings. The van der Waals surface area contributed by atoms with Crippen LogP contribution in [0.1, 0.15) is 48.0 Å². The van der Waals surface area contributed by atoms with Crippen molar-refractivity contribution in [1.82, 2.24) is 4.72 Å². The van der Waals surface area contributed by atoms with Crippen molar-refractivity contribution in [2.24, 2.45) is 5.92 Å². The second-order valence-corrected chi connectivity index (χ2v) is 9.60. The number of nitrogens with one attached hydrogen (secondary N) is 1. The van der Waals surface area contributed by atoms with E-state index in [1.54, 1.807) is 30.3 Å². The van der Waals surface area contributed by atoms with Gasteiger partial charge in [-0.2, -0.15) is 0 Å². The summed E-state index contributed by atoms with van der Waals surface area (Å²) < 4.78 is 29.5. The van der Waals surface area contributed by atoms with Crippen molar-refractivity contribution in [3.63, 3.8) is 0 Å². The Hall–Kier alpha value is -0.950. The Morgan fingerprint density at radius 3 is 2.23 bits per heavy atom. The van der Waals surface area contributed by atoms with Gasteiger partial charge < -0.3 is 5.11 Å². The highest BCUT2D eigenvalue weighted by molar-refractivity contribution is 9.11. The van der Waals surface area contributed by atoms with E-state index in [-0.39, 0.29) is 10.8 Å². The van der Waals surface area contributed by atoms with Crippen molar-refractivity contribution in [3.8, 4) is 0 Å². The van der Waals surface area contributed by atoms with Crippen molar-refractivity contribution in [2.75, 3.05) is 0 Å². The van der Waals surface area contributed by atoms with Gasteiger partial charge in [0.15, 0.2) is 0 Å². The van der Waals surface area contributed by atoms with E-state index in [1.165, 1.54) is 0 Å². The highest BCUT2D eigenvalue weighted by Gasteiger charge is 2.45. The molecule has 1 aromatic rings. The second-order valence-electron chi connectivity index (χ2n) is 6.69. The summed E-state index contributed by atoms with van der Waals surface area (Å²) in [5, 5.41) is 11.7. The van der Waals surface area contributed by atoms with Crippen molar-refractivity contribution >= 4 is 26.0 Å². The molecule has 0 spiro atoms. The number of sulfonamides is 1. The Balaban J connectivity index is 3.56. The van der Waals surface area contributed by atoms with Crippen LogP contribution in [0, 0.1) is 5.92 Å². The summed E-state index contributed by atoms with van der Waals surface area (Å²) in [6.07, 6.45) is 2.54. The topological polar surface area (TPSA) is 66.4 Å². The molecule has 0 aliphatic carbocycles. The lowest BCUT2D eigenvalue weighted by Gasteiger charge is -2.42. The van der Waals surface area contributed by atoms with E-state index in [0.717, 1.165) is 10.9 Å². The van der Waals surface area contributed by atoms with Crippen LogP contribution in [0.15, 0.2) is 56.9 Å². The number of allylic oxidation sites excluding steroid dienone is 2. The van der Waals surface area contributed by atoms with Gasteiger partial charge >= 0.3 is 0 Å². The summed E-state index contributed by atoms with van der Waals surface area (Å²) in [7, 11) is -3.77. The van der Waals surface area contributed by atoms with E-state index in [1.807, 2.05) is 47.6 Å². The average molecular weight is 444 g/mol. The summed E-state index contributed by atoms with van der Waals surface area (Å²) in [6.45, 7) is 11.3. The molecule has 0 aromatic heterocycles. The number of hydrogen-bond acceptors (Lipinski definition) is 3. The Labute approximate surface area is 166 Å². The first kappa shape index (κ1) is 23.1. The van der Waals surface area contributed by atoms with Gasteiger partial charge in [0.1, 0.15) is 5.60 Å². The maximum absolute atomic E-state index is 12.9. The third-order valence-corrected chi connectivity index (χ3v) is 7.17. The summed E-state index contributed by atoms with van der Waals surface area (Å²) in [5.41, 5.74) is -0.0383. The first-order valence-corrected chi connectivity index (χ1v) is 11.1. The predicted octanol–water partition coefficient (Wildman–Crippen LogP) is 4.77. The lowest BCUT2D eigenvalue weighted by atomic mass is 9.75. The number of halogens is 1. The minimum atomic E-state index is -3.77. The number of rotatable bonds is 8. The molecule has 26 heavy (non-hydrogen) atoms. The van der Waals surface area contributed by atoms with Crippen LogP contribution in [-0.2, 0) is 10.0 Å². The van der Waals surface area contributed by atoms with E-state index in [9.17, 15) is 13.5 Å². The molecule has 1 unspecified atom stereocenters. The smallest absolute Gasteiger partial charge is 0.240 e. The molecule has 1 aromatic carbocycles. The maximum Gasteiger partial charge on any atom is 0.240 e. The van der Waals surface area contributed by atoms with Gasteiger partial charge in [0.05, 0.1) is 10.9 Å². The van der Waals surface area contributed by atoms with E-state index in [0.29, 0.717) is 11.1 Å². The van der Waals surface area contributed by atoms with Crippen molar-refractivity contribution in [2.45, 2.75) is 64.5 Å². The minimum Gasteiger partial charge on any atom is -0.379 e. The minimum absolute atomic E-state index is 0.0878. The normalized spacial score (nSPS) is 18.7. The lowest BCUT2D eigenvalue weighted by molar-refractivity contribution is 0.0578. The van der Waals surface area contributed by atoms with Gasteiger partial charge in [-0.25, -0.2) is 13.1 Å². The molecular weight excluding hydrogens is 414 g/mol. The summed E-state index contributed by atoms with van der Waals surface area (Å²) in [4.78, 5) is 0.186. The van der Waals surface area contributed by atoms with Gasteiger partial charge in [-0.1, -0.05) is 60.5 Å². The van der Waals surface area contributed by atoms with Crippen LogP contribution < -0.4 is 4.72 Å². The molecule has 0 saturated heterocycles. The third-order valence-electron chi connectivity index (χ3n) is 5.12. The summed E-state index contributed by atoms with van der Waals surface area (Å²) >= 11 is 3.45. The van der Waals surface area contributed by atoms with Gasteiger partial charge in [0.2, 0.25) is 10.0 Å². The van der Waals surface area contributed by atoms with Gasteiger partial charge in [0.25, 0.3) is 0 Å². The molecule has 0 aliphatic rings. The Morgan fingerprint density at radius 2 is 1.81 bits per heavy atom. The second kappa shape index (κ2) is 9.31. The molecule has 4 nitrogen and oxygen atoms in total. The lowest BCUT2D eigenvalue weighted by Crippen LogP contribution is -2.57. The van der Waals surface area contributed by atoms with Crippen LogP contribution in [-0.4, -0.2) is 25.2 Å². The number of aliphatic hydroxyl groups is 1. The maximum atomic E-state index is 12.9. The van der Waals surface area contributed by atoms with Crippen LogP contribution in [0.3, 0.4) is 0 Å². The van der Waals surface area contributed by atoms with E-state index in [2.05, 4.69) is 20.7 Å². The Kier molecular flexibility index (Phi) is 8.27. The highest BCUT2D eigenvalue weighted by atomic mass is 79.9. The van der Waals surface area contributed by atoms with Gasteiger partial charge in [-0.3, -0.25) is 0 Å². The fourth-order valence-electron chi connectivity index (χ4n) is 2.94. The molecule has 0 heterocycles. The van der Waals surface area contributed by atoms with Crippen LogP contribution in [0.25, 0.3) is 0 Å². The zero-order valence-corrected chi connectivity index (χ0v) is 18.8. The molecule has 0 aliphatic heterocycles. The first-order chi connectivity index (χ1) is 12.0. The predicted molar refractivity (Wildman–Crippen MR) is 112 cm³/mol. The Bertz CT molecular complexity index is 768. The molecule has 6 heteroatoms. The number of benzene rings is 1. The van der Waals surface area contributed by atoms with Gasteiger partial charge in [-0.05, 0) is 61.4 Å². The first-order valence-electron chi connectivity index (χ1n) is 8.78. The highest BCUT2D eigenvalue weighted by Crippen LogP contribution is 2.37. The van der Waals surface area contributed by atoms with Crippen molar-refractivity contribution in [3.05, 3.63) is 52.0 Å². The average Bonchev–Trinajstić information content (AvgIpc) is 2.64. The van der Waals surface area contributed by atoms with Crippen molar-refractivity contribution < 1.29 is 13.5 Å². The molecule has 0 amide bonds. The van der Waals surface area contributed by atoms with Crippen LogP contribution >= 0.6 is 15.9 Å². The summed E-state index contributed by atoms with van der Waals surface area (Å²) in [5.74, 6) is -0.0878. The molecule has 146 valence electrons. The van der Waals surface area contributed by atoms with Crippen LogP contribution in [0.5, 0.6) is 0 Å². The third kappa shape index (κ3) is 4.85. The molecule has 3 atom stereocenters. The SMILES string of the molecule is C/C=C(\C)C(O)(/C(C)=C(\C)Br)[C@@H](NS(=O)(=O)c1ccccc1)[C@@H](C)CC. The van der Waals surface area contributed by atoms with Crippen LogP contribution in [0.2, 0.25) is 0 Å². The standard InChI is InChI=1S/C20H30BrNO3S/c1-7-14(3)19(20(23,15(4)8-2)16(5)17(6)21)22-26(24,25)18-12-10-9-11-13-18/h8-14,19,22-23H,7H2,1-6H3/b15-8+,17-16+/t14-,19-,20?/m0/s1. The zero-order valence-electron chi connectivity index (χ0n) is 16.4.